The fourth-order valence-electron chi connectivity index (χ4n) is 1.99. The molecule has 0 fully saturated rings. The highest BCUT2D eigenvalue weighted by Gasteiger charge is 2.19. The third-order valence-corrected chi connectivity index (χ3v) is 4.94. The predicted molar refractivity (Wildman–Crippen MR) is 79.7 cm³/mol. The molecule has 0 aliphatic rings. The molecule has 0 saturated carbocycles. The first kappa shape index (κ1) is 16.0. The molecule has 0 atom stereocenters. The number of nitrogens with one attached hydrogen (secondary N) is 1. The highest BCUT2D eigenvalue weighted by atomic mass is 35.5. The minimum Gasteiger partial charge on any atom is -0.469 e. The van der Waals surface area contributed by atoms with Gasteiger partial charge in [0.15, 0.2) is 0 Å². The summed E-state index contributed by atoms with van der Waals surface area (Å²) in [7, 11) is -3.69. The summed E-state index contributed by atoms with van der Waals surface area (Å²) in [6.45, 7) is 1.60. The fourth-order valence-corrected chi connectivity index (χ4v) is 3.64. The zero-order valence-electron chi connectivity index (χ0n) is 11.5. The monoisotopic (exact) mass is 329 g/mol. The van der Waals surface area contributed by atoms with Gasteiger partial charge in [-0.15, -0.1) is 0 Å². The van der Waals surface area contributed by atoms with Crippen molar-refractivity contribution in [2.75, 3.05) is 6.54 Å². The zero-order chi connectivity index (χ0) is 15.5. The molecule has 114 valence electrons. The maximum absolute atomic E-state index is 12.3. The number of benzene rings is 1. The van der Waals surface area contributed by atoms with Crippen LogP contribution in [0.3, 0.4) is 0 Å². The van der Waals surface area contributed by atoms with Gasteiger partial charge in [-0.3, -0.25) is 0 Å². The van der Waals surface area contributed by atoms with Gasteiger partial charge in [0.2, 0.25) is 10.0 Å². The minimum atomic E-state index is -3.69. The van der Waals surface area contributed by atoms with Crippen LogP contribution in [0, 0.1) is 6.92 Å². The minimum absolute atomic E-state index is 0.0819. The van der Waals surface area contributed by atoms with Gasteiger partial charge >= 0.3 is 0 Å². The van der Waals surface area contributed by atoms with Gasteiger partial charge in [-0.1, -0.05) is 11.6 Å². The topological polar surface area (TPSA) is 79.5 Å². The number of rotatable bonds is 6. The van der Waals surface area contributed by atoms with Crippen LogP contribution in [0.15, 0.2) is 39.8 Å². The molecule has 2 rings (SSSR count). The van der Waals surface area contributed by atoms with Crippen molar-refractivity contribution < 1.29 is 17.9 Å². The lowest BCUT2D eigenvalue weighted by Gasteiger charge is -2.12. The summed E-state index contributed by atoms with van der Waals surface area (Å²) < 4.78 is 32.3. The summed E-state index contributed by atoms with van der Waals surface area (Å²) in [5, 5.41) is 9.52. The zero-order valence-corrected chi connectivity index (χ0v) is 13.0. The smallest absolute Gasteiger partial charge is 0.240 e. The van der Waals surface area contributed by atoms with Crippen LogP contribution in [0.1, 0.15) is 16.9 Å². The highest BCUT2D eigenvalue weighted by Crippen LogP contribution is 2.24. The van der Waals surface area contributed by atoms with E-state index in [-0.39, 0.29) is 23.1 Å². The normalized spacial score (nSPS) is 11.8. The van der Waals surface area contributed by atoms with Crippen molar-refractivity contribution in [3.05, 3.63) is 52.4 Å². The molecule has 0 spiro atoms. The van der Waals surface area contributed by atoms with Gasteiger partial charge in [-0.25, -0.2) is 13.1 Å². The summed E-state index contributed by atoms with van der Waals surface area (Å²) >= 11 is 5.90. The Kier molecular flexibility index (Phi) is 5.05. The van der Waals surface area contributed by atoms with Gasteiger partial charge < -0.3 is 9.52 Å². The second-order valence-electron chi connectivity index (χ2n) is 4.57. The Hall–Kier alpha value is -1.34. The maximum atomic E-state index is 12.3. The number of aliphatic hydroxyl groups excluding tert-OH is 1. The number of aliphatic hydroxyl groups is 1. The molecule has 1 aromatic carbocycles. The summed E-state index contributed by atoms with van der Waals surface area (Å²) in [5.41, 5.74) is 0.987. The largest absolute Gasteiger partial charge is 0.469 e. The third kappa shape index (κ3) is 3.85. The van der Waals surface area contributed by atoms with Crippen molar-refractivity contribution >= 4 is 21.6 Å². The summed E-state index contributed by atoms with van der Waals surface area (Å²) in [5.74, 6) is 0.705. The molecule has 2 aromatic rings. The molecule has 1 aromatic heterocycles. The molecule has 1 heterocycles. The second kappa shape index (κ2) is 6.62. The first-order chi connectivity index (χ1) is 9.94. The molecule has 2 N–H and O–H groups in total. The maximum Gasteiger partial charge on any atom is 0.240 e. The standard InChI is InChI=1S/C14H16ClNO4S/c1-10-11(9-17)7-12(15)8-14(10)21(18,19)16-5-4-13-3-2-6-20-13/h2-3,6-8,16-17H,4-5,9H2,1H3. The van der Waals surface area contributed by atoms with E-state index in [0.29, 0.717) is 23.3 Å². The van der Waals surface area contributed by atoms with Gasteiger partial charge in [-0.2, -0.15) is 0 Å². The van der Waals surface area contributed by atoms with E-state index in [1.165, 1.54) is 6.07 Å². The molecule has 0 bridgehead atoms. The van der Waals surface area contributed by atoms with E-state index in [1.54, 1.807) is 31.4 Å². The molecular formula is C14H16ClNO4S. The number of hydrogen-bond acceptors (Lipinski definition) is 4. The summed E-state index contributed by atoms with van der Waals surface area (Å²) in [6, 6.07) is 6.46. The Morgan fingerprint density at radius 3 is 2.76 bits per heavy atom. The van der Waals surface area contributed by atoms with Gasteiger partial charge in [0, 0.05) is 18.0 Å². The van der Waals surface area contributed by atoms with E-state index in [0.717, 1.165) is 0 Å². The van der Waals surface area contributed by atoms with E-state index in [4.69, 9.17) is 16.0 Å². The van der Waals surface area contributed by atoms with Crippen molar-refractivity contribution in [3.8, 4) is 0 Å². The number of halogens is 1. The average Bonchev–Trinajstić information content (AvgIpc) is 2.93. The van der Waals surface area contributed by atoms with Gasteiger partial charge in [0.1, 0.15) is 5.76 Å². The fraction of sp³-hybridized carbons (Fsp3) is 0.286. The Labute approximate surface area is 128 Å². The second-order valence-corrected chi connectivity index (χ2v) is 6.75. The number of hydrogen-bond donors (Lipinski definition) is 2. The first-order valence-electron chi connectivity index (χ1n) is 6.36. The molecule has 5 nitrogen and oxygen atoms in total. The Morgan fingerprint density at radius 2 is 2.14 bits per heavy atom. The number of furan rings is 1. The Morgan fingerprint density at radius 1 is 1.38 bits per heavy atom. The van der Waals surface area contributed by atoms with Crippen LogP contribution in [-0.4, -0.2) is 20.1 Å². The van der Waals surface area contributed by atoms with E-state index < -0.39 is 10.0 Å². The molecule has 0 radical (unpaired) electrons. The molecule has 0 saturated heterocycles. The van der Waals surface area contributed by atoms with Crippen molar-refractivity contribution in [3.63, 3.8) is 0 Å². The molecule has 0 amide bonds. The Bertz CT molecular complexity index is 711. The summed E-state index contributed by atoms with van der Waals surface area (Å²) in [4.78, 5) is 0.0819. The van der Waals surface area contributed by atoms with Gasteiger partial charge in [0.05, 0.1) is 17.8 Å². The highest BCUT2D eigenvalue weighted by molar-refractivity contribution is 7.89. The Balaban J connectivity index is 2.17. The van der Waals surface area contributed by atoms with E-state index in [9.17, 15) is 13.5 Å². The van der Waals surface area contributed by atoms with E-state index >= 15 is 0 Å². The summed E-state index contributed by atoms with van der Waals surface area (Å²) in [6.07, 6.45) is 2.00. The average molecular weight is 330 g/mol. The van der Waals surface area contributed by atoms with Crippen LogP contribution in [-0.2, 0) is 23.1 Å². The van der Waals surface area contributed by atoms with Gasteiger partial charge in [0.25, 0.3) is 0 Å². The molecule has 21 heavy (non-hydrogen) atoms. The molecular weight excluding hydrogens is 314 g/mol. The van der Waals surface area contributed by atoms with Crippen LogP contribution in [0.5, 0.6) is 0 Å². The van der Waals surface area contributed by atoms with Gasteiger partial charge in [-0.05, 0) is 42.3 Å². The van der Waals surface area contributed by atoms with Crippen LogP contribution < -0.4 is 4.72 Å². The lowest BCUT2D eigenvalue weighted by Crippen LogP contribution is -2.26. The van der Waals surface area contributed by atoms with Crippen molar-refractivity contribution in [2.45, 2.75) is 24.8 Å². The first-order valence-corrected chi connectivity index (χ1v) is 8.22. The lowest BCUT2D eigenvalue weighted by atomic mass is 10.1. The quantitative estimate of drug-likeness (QED) is 0.852. The molecule has 0 aliphatic carbocycles. The van der Waals surface area contributed by atoms with Crippen LogP contribution in [0.4, 0.5) is 0 Å². The predicted octanol–water partition coefficient (Wildman–Crippen LogP) is 2.25. The molecule has 0 aliphatic heterocycles. The van der Waals surface area contributed by atoms with Crippen molar-refractivity contribution in [1.82, 2.24) is 4.72 Å². The molecule has 0 unspecified atom stereocenters. The van der Waals surface area contributed by atoms with Crippen molar-refractivity contribution in [1.29, 1.82) is 0 Å². The van der Waals surface area contributed by atoms with Crippen LogP contribution >= 0.6 is 11.6 Å². The van der Waals surface area contributed by atoms with E-state index in [2.05, 4.69) is 4.72 Å². The molecule has 7 heteroatoms. The van der Waals surface area contributed by atoms with Crippen LogP contribution in [0.25, 0.3) is 0 Å². The SMILES string of the molecule is Cc1c(CO)cc(Cl)cc1S(=O)(=O)NCCc1ccco1. The number of sulfonamides is 1. The lowest BCUT2D eigenvalue weighted by molar-refractivity contribution is 0.280. The van der Waals surface area contributed by atoms with E-state index in [1.807, 2.05) is 0 Å². The van der Waals surface area contributed by atoms with Crippen LogP contribution in [0.2, 0.25) is 5.02 Å². The third-order valence-electron chi connectivity index (χ3n) is 3.14. The van der Waals surface area contributed by atoms with Crippen molar-refractivity contribution in [2.24, 2.45) is 0 Å².